The SMILES string of the molecule is CCNC(=NCc1ccc(C)cc1OCC1CC1)NCCCNC(=O)C1CCC1.I. The number of ether oxygens (including phenoxy) is 1. The zero-order valence-corrected chi connectivity index (χ0v) is 20.7. The number of guanidine groups is 1. The van der Waals surface area contributed by atoms with Gasteiger partial charge in [0, 0.05) is 31.1 Å². The molecular weight excluding hydrogens is 491 g/mol. The van der Waals surface area contributed by atoms with E-state index >= 15 is 0 Å². The number of halogens is 1. The van der Waals surface area contributed by atoms with Crippen molar-refractivity contribution in [2.75, 3.05) is 26.2 Å². The first-order valence-electron chi connectivity index (χ1n) is 11.2. The number of nitrogens with one attached hydrogen (secondary N) is 3. The van der Waals surface area contributed by atoms with Crippen LogP contribution in [0.25, 0.3) is 0 Å². The Labute approximate surface area is 198 Å². The fourth-order valence-electron chi connectivity index (χ4n) is 3.25. The van der Waals surface area contributed by atoms with Gasteiger partial charge in [0.25, 0.3) is 0 Å². The minimum Gasteiger partial charge on any atom is -0.493 e. The first kappa shape index (κ1) is 24.8. The summed E-state index contributed by atoms with van der Waals surface area (Å²) in [7, 11) is 0. The molecule has 30 heavy (non-hydrogen) atoms. The Balaban J connectivity index is 0.00000320. The molecule has 0 unspecified atom stereocenters. The molecule has 2 aliphatic carbocycles. The van der Waals surface area contributed by atoms with Crippen molar-refractivity contribution in [1.82, 2.24) is 16.0 Å². The van der Waals surface area contributed by atoms with Crippen molar-refractivity contribution in [2.45, 2.75) is 58.9 Å². The third kappa shape index (κ3) is 8.32. The van der Waals surface area contributed by atoms with Crippen LogP contribution in [0.4, 0.5) is 0 Å². The minimum atomic E-state index is 0. The van der Waals surface area contributed by atoms with Crippen molar-refractivity contribution in [3.8, 4) is 5.75 Å². The highest BCUT2D eigenvalue weighted by molar-refractivity contribution is 14.0. The molecule has 7 heteroatoms. The summed E-state index contributed by atoms with van der Waals surface area (Å²) in [6, 6.07) is 6.33. The third-order valence-corrected chi connectivity index (χ3v) is 5.57. The van der Waals surface area contributed by atoms with E-state index in [0.29, 0.717) is 13.1 Å². The molecule has 2 saturated carbocycles. The third-order valence-electron chi connectivity index (χ3n) is 5.57. The highest BCUT2D eigenvalue weighted by Crippen LogP contribution is 2.31. The van der Waals surface area contributed by atoms with Crippen LogP contribution in [-0.4, -0.2) is 38.1 Å². The van der Waals surface area contributed by atoms with Crippen molar-refractivity contribution in [2.24, 2.45) is 16.8 Å². The number of carbonyl (C=O) groups excluding carboxylic acids is 1. The average Bonchev–Trinajstić information content (AvgIpc) is 3.48. The molecule has 0 bridgehead atoms. The summed E-state index contributed by atoms with van der Waals surface area (Å²) in [5.74, 6) is 2.96. The quantitative estimate of drug-likeness (QED) is 0.177. The fourth-order valence-corrected chi connectivity index (χ4v) is 3.25. The predicted molar refractivity (Wildman–Crippen MR) is 133 cm³/mol. The molecule has 1 aromatic rings. The molecule has 2 aliphatic rings. The average molecular weight is 528 g/mol. The molecule has 2 fully saturated rings. The number of carbonyl (C=O) groups is 1. The van der Waals surface area contributed by atoms with Gasteiger partial charge in [0.15, 0.2) is 5.96 Å². The molecule has 0 aromatic heterocycles. The van der Waals surface area contributed by atoms with Crippen molar-refractivity contribution < 1.29 is 9.53 Å². The van der Waals surface area contributed by atoms with Gasteiger partial charge < -0.3 is 20.7 Å². The van der Waals surface area contributed by atoms with Crippen LogP contribution in [0.3, 0.4) is 0 Å². The number of aryl methyl sites for hydroxylation is 1. The predicted octanol–water partition coefficient (Wildman–Crippen LogP) is 3.76. The van der Waals surface area contributed by atoms with E-state index in [1.54, 1.807) is 0 Å². The maximum atomic E-state index is 11.9. The maximum Gasteiger partial charge on any atom is 0.223 e. The summed E-state index contributed by atoms with van der Waals surface area (Å²) in [4.78, 5) is 16.6. The van der Waals surface area contributed by atoms with E-state index < -0.39 is 0 Å². The zero-order chi connectivity index (χ0) is 20.5. The smallest absolute Gasteiger partial charge is 0.223 e. The number of benzene rings is 1. The molecule has 3 rings (SSSR count). The Hall–Kier alpha value is -1.51. The van der Waals surface area contributed by atoms with Gasteiger partial charge in [0.1, 0.15) is 5.75 Å². The minimum absolute atomic E-state index is 0. The van der Waals surface area contributed by atoms with Crippen LogP contribution < -0.4 is 20.7 Å². The fraction of sp³-hybridized carbons (Fsp3) is 0.652. The van der Waals surface area contributed by atoms with Crippen LogP contribution in [0.2, 0.25) is 0 Å². The van der Waals surface area contributed by atoms with Gasteiger partial charge in [0.2, 0.25) is 5.91 Å². The number of nitrogens with zero attached hydrogens (tertiary/aromatic N) is 1. The molecule has 1 amide bonds. The van der Waals surface area contributed by atoms with E-state index in [-0.39, 0.29) is 35.8 Å². The Morgan fingerprint density at radius 3 is 2.57 bits per heavy atom. The zero-order valence-electron chi connectivity index (χ0n) is 18.3. The van der Waals surface area contributed by atoms with Crippen molar-refractivity contribution in [3.63, 3.8) is 0 Å². The largest absolute Gasteiger partial charge is 0.493 e. The van der Waals surface area contributed by atoms with Gasteiger partial charge in [-0.3, -0.25) is 4.79 Å². The molecule has 6 nitrogen and oxygen atoms in total. The van der Waals surface area contributed by atoms with Crippen LogP contribution in [0.1, 0.15) is 56.6 Å². The van der Waals surface area contributed by atoms with Gasteiger partial charge in [-0.05, 0) is 63.5 Å². The molecule has 0 saturated heterocycles. The van der Waals surface area contributed by atoms with Gasteiger partial charge in [-0.15, -0.1) is 24.0 Å². The van der Waals surface area contributed by atoms with E-state index in [4.69, 9.17) is 9.73 Å². The van der Waals surface area contributed by atoms with Gasteiger partial charge >= 0.3 is 0 Å². The molecule has 0 aliphatic heterocycles. The lowest BCUT2D eigenvalue weighted by atomic mass is 9.85. The Morgan fingerprint density at radius 2 is 1.90 bits per heavy atom. The molecule has 3 N–H and O–H groups in total. The molecule has 168 valence electrons. The molecule has 0 atom stereocenters. The van der Waals surface area contributed by atoms with Gasteiger partial charge in [-0.2, -0.15) is 0 Å². The molecule has 0 heterocycles. The lowest BCUT2D eigenvalue weighted by Crippen LogP contribution is -2.39. The van der Waals surface area contributed by atoms with Gasteiger partial charge in [-0.25, -0.2) is 4.99 Å². The van der Waals surface area contributed by atoms with Crippen LogP contribution >= 0.6 is 24.0 Å². The molecule has 0 spiro atoms. The second-order valence-corrected chi connectivity index (χ2v) is 8.26. The van der Waals surface area contributed by atoms with Crippen LogP contribution in [0.15, 0.2) is 23.2 Å². The first-order valence-corrected chi connectivity index (χ1v) is 11.2. The highest BCUT2D eigenvalue weighted by atomic mass is 127. The van der Waals surface area contributed by atoms with Crippen molar-refractivity contribution >= 4 is 35.8 Å². The molecular formula is C23H37IN4O2. The number of hydrogen-bond acceptors (Lipinski definition) is 3. The summed E-state index contributed by atoms with van der Waals surface area (Å²) < 4.78 is 6.05. The van der Waals surface area contributed by atoms with Crippen LogP contribution in [0.5, 0.6) is 5.75 Å². The van der Waals surface area contributed by atoms with Crippen molar-refractivity contribution in [3.05, 3.63) is 29.3 Å². The van der Waals surface area contributed by atoms with E-state index in [1.807, 2.05) is 0 Å². The monoisotopic (exact) mass is 528 g/mol. The van der Waals surface area contributed by atoms with E-state index in [0.717, 1.165) is 62.1 Å². The second-order valence-electron chi connectivity index (χ2n) is 8.26. The highest BCUT2D eigenvalue weighted by Gasteiger charge is 2.24. The summed E-state index contributed by atoms with van der Waals surface area (Å²) in [6.07, 6.45) is 6.74. The number of amides is 1. The Bertz CT molecular complexity index is 702. The molecule has 1 aromatic carbocycles. The number of aliphatic imine (C=N–C) groups is 1. The number of hydrogen-bond donors (Lipinski definition) is 3. The maximum absolute atomic E-state index is 11.9. The van der Waals surface area contributed by atoms with Crippen molar-refractivity contribution in [1.29, 1.82) is 0 Å². The molecule has 0 radical (unpaired) electrons. The summed E-state index contributed by atoms with van der Waals surface area (Å²) in [6.45, 7) is 7.83. The summed E-state index contributed by atoms with van der Waals surface area (Å²) in [5.41, 5.74) is 2.32. The van der Waals surface area contributed by atoms with Gasteiger partial charge in [0.05, 0.1) is 13.2 Å². The lowest BCUT2D eigenvalue weighted by Gasteiger charge is -2.24. The first-order chi connectivity index (χ1) is 14.2. The summed E-state index contributed by atoms with van der Waals surface area (Å²) >= 11 is 0. The van der Waals surface area contributed by atoms with E-state index in [2.05, 4.69) is 48.0 Å². The Kier molecular flexibility index (Phi) is 10.7. The van der Waals surface area contributed by atoms with Gasteiger partial charge in [-0.1, -0.05) is 18.6 Å². The van der Waals surface area contributed by atoms with Crippen LogP contribution in [0, 0.1) is 18.8 Å². The number of rotatable bonds is 11. The standard InChI is InChI=1S/C23H36N4O2.HI/c1-3-24-23(26-13-5-12-25-22(28)19-6-4-7-19)27-15-20-11-8-17(2)14-21(20)29-16-18-9-10-18;/h8,11,14,18-19H,3-7,9-10,12-13,15-16H2,1-2H3,(H,25,28)(H2,24,26,27);1H. The van der Waals surface area contributed by atoms with E-state index in [9.17, 15) is 4.79 Å². The van der Waals surface area contributed by atoms with E-state index in [1.165, 1.54) is 24.8 Å². The topological polar surface area (TPSA) is 74.8 Å². The van der Waals surface area contributed by atoms with Crippen LogP contribution in [-0.2, 0) is 11.3 Å². The Morgan fingerprint density at radius 1 is 1.13 bits per heavy atom. The normalized spacial score (nSPS) is 16.3. The summed E-state index contributed by atoms with van der Waals surface area (Å²) in [5, 5.41) is 9.68. The lowest BCUT2D eigenvalue weighted by molar-refractivity contribution is -0.127. The second kappa shape index (κ2) is 13.0.